The third-order valence-corrected chi connectivity index (χ3v) is 2.67. The van der Waals surface area contributed by atoms with Crippen molar-refractivity contribution in [3.8, 4) is 0 Å². The minimum Gasteiger partial charge on any atom is -0.378 e. The second-order valence-corrected chi connectivity index (χ2v) is 4.26. The van der Waals surface area contributed by atoms with Crippen molar-refractivity contribution < 1.29 is 0 Å². The lowest BCUT2D eigenvalue weighted by atomic mass is 10.1. The maximum absolute atomic E-state index is 4.33. The molecule has 0 fully saturated rings. The molecule has 3 nitrogen and oxygen atoms in total. The summed E-state index contributed by atoms with van der Waals surface area (Å²) in [5.41, 5.74) is 4.54. The number of nitrogens with zero attached hydrogens (tertiary/aromatic N) is 2. The number of aromatic nitrogens is 2. The van der Waals surface area contributed by atoms with Crippen LogP contribution >= 0.6 is 0 Å². The summed E-state index contributed by atoms with van der Waals surface area (Å²) in [4.78, 5) is 8.53. The van der Waals surface area contributed by atoms with Crippen molar-refractivity contribution in [1.82, 2.24) is 9.97 Å². The molecule has 0 aliphatic rings. The molecule has 17 heavy (non-hydrogen) atoms. The first-order chi connectivity index (χ1) is 8.15. The van der Waals surface area contributed by atoms with Crippen molar-refractivity contribution in [2.75, 3.05) is 5.32 Å². The molecular formula is C14H17N3. The number of hydrogen-bond donors (Lipinski definition) is 1. The van der Waals surface area contributed by atoms with Crippen LogP contribution in [-0.2, 0) is 6.54 Å². The highest BCUT2D eigenvalue weighted by atomic mass is 15.0. The van der Waals surface area contributed by atoms with Gasteiger partial charge in [-0.25, -0.2) is 9.97 Å². The summed E-state index contributed by atoms with van der Waals surface area (Å²) in [6, 6.07) is 8.47. The van der Waals surface area contributed by atoms with Crippen LogP contribution in [0.5, 0.6) is 0 Å². The topological polar surface area (TPSA) is 37.8 Å². The van der Waals surface area contributed by atoms with E-state index in [-0.39, 0.29) is 0 Å². The maximum Gasteiger partial charge on any atom is 0.125 e. The summed E-state index contributed by atoms with van der Waals surface area (Å²) in [5, 5.41) is 3.36. The molecule has 0 unspecified atom stereocenters. The van der Waals surface area contributed by atoms with Crippen LogP contribution in [0.3, 0.4) is 0 Å². The highest BCUT2D eigenvalue weighted by Crippen LogP contribution is 2.12. The molecule has 0 aliphatic heterocycles. The molecule has 88 valence electrons. The molecule has 2 aromatic rings. The van der Waals surface area contributed by atoms with E-state index in [1.54, 1.807) is 0 Å². The third kappa shape index (κ3) is 3.03. The fraction of sp³-hybridized carbons (Fsp3) is 0.286. The first-order valence-electron chi connectivity index (χ1n) is 5.75. The van der Waals surface area contributed by atoms with E-state index in [2.05, 4.69) is 46.5 Å². The first kappa shape index (κ1) is 11.6. The summed E-state index contributed by atoms with van der Waals surface area (Å²) in [5.74, 6) is 0.809. The second kappa shape index (κ2) is 4.95. The van der Waals surface area contributed by atoms with E-state index in [0.717, 1.165) is 23.8 Å². The highest BCUT2D eigenvalue weighted by molar-refractivity contribution is 5.45. The van der Waals surface area contributed by atoms with E-state index >= 15 is 0 Å². The fourth-order valence-electron chi connectivity index (χ4n) is 1.78. The molecule has 0 bridgehead atoms. The van der Waals surface area contributed by atoms with Crippen LogP contribution in [-0.4, -0.2) is 9.97 Å². The summed E-state index contributed by atoms with van der Waals surface area (Å²) in [6.07, 6.45) is 1.84. The van der Waals surface area contributed by atoms with Gasteiger partial charge < -0.3 is 5.32 Å². The summed E-state index contributed by atoms with van der Waals surface area (Å²) in [7, 11) is 0. The molecule has 0 saturated carbocycles. The standard InChI is InChI=1S/C14H17N3/c1-10-5-4-6-13(7-10)8-16-14-9-15-12(3)17-11(14)2/h4-7,9,16H,8H2,1-3H3. The van der Waals surface area contributed by atoms with Gasteiger partial charge >= 0.3 is 0 Å². The molecule has 3 heteroatoms. The highest BCUT2D eigenvalue weighted by Gasteiger charge is 2.00. The molecule has 0 spiro atoms. The van der Waals surface area contributed by atoms with Gasteiger partial charge in [0.05, 0.1) is 17.6 Å². The number of nitrogens with one attached hydrogen (secondary N) is 1. The molecule has 1 aromatic heterocycles. The molecule has 0 saturated heterocycles. The second-order valence-electron chi connectivity index (χ2n) is 4.26. The van der Waals surface area contributed by atoms with Crippen molar-refractivity contribution in [3.05, 3.63) is 53.1 Å². The van der Waals surface area contributed by atoms with E-state index in [0.29, 0.717) is 0 Å². The Morgan fingerprint density at radius 3 is 2.71 bits per heavy atom. The van der Waals surface area contributed by atoms with Gasteiger partial charge in [0.2, 0.25) is 0 Å². The minimum absolute atomic E-state index is 0.801. The molecule has 0 radical (unpaired) electrons. The van der Waals surface area contributed by atoms with Crippen LogP contribution in [0, 0.1) is 20.8 Å². The van der Waals surface area contributed by atoms with Gasteiger partial charge in [-0.3, -0.25) is 0 Å². The lowest BCUT2D eigenvalue weighted by Gasteiger charge is -2.09. The van der Waals surface area contributed by atoms with E-state index in [9.17, 15) is 0 Å². The Labute approximate surface area is 102 Å². The Balaban J connectivity index is 2.07. The lowest BCUT2D eigenvalue weighted by Crippen LogP contribution is -2.04. The van der Waals surface area contributed by atoms with Crippen LogP contribution in [0.1, 0.15) is 22.6 Å². The van der Waals surface area contributed by atoms with Crippen molar-refractivity contribution in [2.45, 2.75) is 27.3 Å². The molecule has 2 rings (SSSR count). The van der Waals surface area contributed by atoms with Crippen LogP contribution in [0.15, 0.2) is 30.5 Å². The van der Waals surface area contributed by atoms with Gasteiger partial charge in [0.1, 0.15) is 5.82 Å². The van der Waals surface area contributed by atoms with Crippen LogP contribution in [0.2, 0.25) is 0 Å². The molecule has 1 heterocycles. The van der Waals surface area contributed by atoms with Gasteiger partial charge in [0.25, 0.3) is 0 Å². The van der Waals surface area contributed by atoms with Gasteiger partial charge in [0, 0.05) is 6.54 Å². The first-order valence-corrected chi connectivity index (χ1v) is 5.75. The predicted octanol–water partition coefficient (Wildman–Crippen LogP) is 3.01. The number of hydrogen-bond acceptors (Lipinski definition) is 3. The SMILES string of the molecule is Cc1cccc(CNc2cnc(C)nc2C)c1. The predicted molar refractivity (Wildman–Crippen MR) is 70.0 cm³/mol. The zero-order valence-electron chi connectivity index (χ0n) is 10.5. The van der Waals surface area contributed by atoms with Crippen molar-refractivity contribution in [1.29, 1.82) is 0 Å². The van der Waals surface area contributed by atoms with E-state index in [1.165, 1.54) is 11.1 Å². The molecule has 1 aromatic carbocycles. The zero-order valence-corrected chi connectivity index (χ0v) is 10.5. The van der Waals surface area contributed by atoms with Crippen LogP contribution in [0.25, 0.3) is 0 Å². The normalized spacial score (nSPS) is 10.3. The average Bonchev–Trinajstić information content (AvgIpc) is 2.28. The fourth-order valence-corrected chi connectivity index (χ4v) is 1.78. The number of anilines is 1. The average molecular weight is 227 g/mol. The number of benzene rings is 1. The Kier molecular flexibility index (Phi) is 3.38. The van der Waals surface area contributed by atoms with E-state index in [1.807, 2.05) is 20.0 Å². The largest absolute Gasteiger partial charge is 0.378 e. The minimum atomic E-state index is 0.801. The zero-order chi connectivity index (χ0) is 12.3. The summed E-state index contributed by atoms with van der Waals surface area (Å²) < 4.78 is 0. The quantitative estimate of drug-likeness (QED) is 0.875. The number of aryl methyl sites for hydroxylation is 3. The summed E-state index contributed by atoms with van der Waals surface area (Å²) >= 11 is 0. The van der Waals surface area contributed by atoms with Gasteiger partial charge in [-0.1, -0.05) is 29.8 Å². The van der Waals surface area contributed by atoms with E-state index in [4.69, 9.17) is 0 Å². The maximum atomic E-state index is 4.33. The van der Waals surface area contributed by atoms with Crippen molar-refractivity contribution in [3.63, 3.8) is 0 Å². The third-order valence-electron chi connectivity index (χ3n) is 2.67. The Hall–Kier alpha value is -1.90. The molecule has 1 N–H and O–H groups in total. The monoisotopic (exact) mass is 227 g/mol. The van der Waals surface area contributed by atoms with Crippen molar-refractivity contribution >= 4 is 5.69 Å². The van der Waals surface area contributed by atoms with Crippen LogP contribution < -0.4 is 5.32 Å². The van der Waals surface area contributed by atoms with Gasteiger partial charge in [-0.15, -0.1) is 0 Å². The van der Waals surface area contributed by atoms with Gasteiger partial charge in [-0.05, 0) is 26.3 Å². The van der Waals surface area contributed by atoms with Crippen LogP contribution in [0.4, 0.5) is 5.69 Å². The van der Waals surface area contributed by atoms with E-state index < -0.39 is 0 Å². The molecule has 0 aliphatic carbocycles. The van der Waals surface area contributed by atoms with Gasteiger partial charge in [-0.2, -0.15) is 0 Å². The Morgan fingerprint density at radius 1 is 1.18 bits per heavy atom. The Bertz CT molecular complexity index is 521. The molecule has 0 atom stereocenters. The Morgan fingerprint density at radius 2 is 2.00 bits per heavy atom. The molecular weight excluding hydrogens is 210 g/mol. The summed E-state index contributed by atoms with van der Waals surface area (Å²) in [6.45, 7) is 6.79. The van der Waals surface area contributed by atoms with Crippen molar-refractivity contribution in [2.24, 2.45) is 0 Å². The lowest BCUT2D eigenvalue weighted by molar-refractivity contribution is 0.996. The molecule has 0 amide bonds. The number of rotatable bonds is 3. The van der Waals surface area contributed by atoms with Gasteiger partial charge in [0.15, 0.2) is 0 Å². The smallest absolute Gasteiger partial charge is 0.125 e.